The molecular formula is C14H14N2O4. The van der Waals surface area contributed by atoms with E-state index in [0.717, 1.165) is 0 Å². The molecule has 0 spiro atoms. The van der Waals surface area contributed by atoms with Gasteiger partial charge in [-0.05, 0) is 19.1 Å². The number of benzene rings is 1. The summed E-state index contributed by atoms with van der Waals surface area (Å²) in [5.74, 6) is -1.43. The molecule has 1 amide bonds. The molecule has 6 heteroatoms. The number of carboxylic acids is 1. The molecule has 0 unspecified atom stereocenters. The van der Waals surface area contributed by atoms with Crippen LogP contribution in [0.25, 0.3) is 10.9 Å². The molecule has 1 aromatic carbocycles. The molecule has 2 N–H and O–H groups in total. The van der Waals surface area contributed by atoms with Crippen molar-refractivity contribution in [3.8, 4) is 0 Å². The summed E-state index contributed by atoms with van der Waals surface area (Å²) in [6, 6.07) is 5.10. The van der Waals surface area contributed by atoms with Gasteiger partial charge in [-0.25, -0.2) is 0 Å². The summed E-state index contributed by atoms with van der Waals surface area (Å²) in [6.07, 6.45) is 1.51. The third-order valence-corrected chi connectivity index (χ3v) is 2.90. The van der Waals surface area contributed by atoms with Crippen LogP contribution >= 0.6 is 0 Å². The second-order valence-electron chi connectivity index (χ2n) is 4.50. The summed E-state index contributed by atoms with van der Waals surface area (Å²) in [5, 5.41) is 12.1. The standard InChI is InChI=1S/C14H14N2O4/c1-8(17)10-6-16(7-13(19)20)12-5-3-4-11(14(10)12)15-9(2)18/h3-6H,7H2,1-2H3,(H,15,18)(H,19,20). The van der Waals surface area contributed by atoms with Crippen molar-refractivity contribution in [2.75, 3.05) is 5.32 Å². The maximum Gasteiger partial charge on any atom is 0.323 e. The molecule has 1 aromatic heterocycles. The number of carbonyl (C=O) groups excluding carboxylic acids is 2. The van der Waals surface area contributed by atoms with Gasteiger partial charge in [0.05, 0.1) is 11.2 Å². The molecule has 104 valence electrons. The van der Waals surface area contributed by atoms with Gasteiger partial charge in [-0.3, -0.25) is 14.4 Å². The van der Waals surface area contributed by atoms with Gasteiger partial charge in [-0.1, -0.05) is 6.07 Å². The highest BCUT2D eigenvalue weighted by Gasteiger charge is 2.17. The van der Waals surface area contributed by atoms with Crippen molar-refractivity contribution in [3.05, 3.63) is 30.0 Å². The number of aliphatic carboxylic acids is 1. The number of nitrogens with one attached hydrogen (secondary N) is 1. The number of anilines is 1. The van der Waals surface area contributed by atoms with E-state index >= 15 is 0 Å². The number of hydrogen-bond donors (Lipinski definition) is 2. The lowest BCUT2D eigenvalue weighted by atomic mass is 10.1. The summed E-state index contributed by atoms with van der Waals surface area (Å²) < 4.78 is 1.49. The Bertz CT molecular complexity index is 715. The van der Waals surface area contributed by atoms with Gasteiger partial charge in [-0.15, -0.1) is 0 Å². The molecule has 20 heavy (non-hydrogen) atoms. The molecule has 6 nitrogen and oxygen atoms in total. The number of carbonyl (C=O) groups is 3. The fourth-order valence-corrected chi connectivity index (χ4v) is 2.19. The maximum absolute atomic E-state index is 11.7. The van der Waals surface area contributed by atoms with Crippen molar-refractivity contribution in [1.29, 1.82) is 0 Å². The lowest BCUT2D eigenvalue weighted by Gasteiger charge is -2.06. The highest BCUT2D eigenvalue weighted by Crippen LogP contribution is 2.29. The zero-order valence-corrected chi connectivity index (χ0v) is 11.1. The first-order valence-electron chi connectivity index (χ1n) is 6.02. The molecule has 0 aliphatic carbocycles. The molecule has 0 bridgehead atoms. The Balaban J connectivity index is 2.72. The van der Waals surface area contributed by atoms with Gasteiger partial charge in [-0.2, -0.15) is 0 Å². The fourth-order valence-electron chi connectivity index (χ4n) is 2.19. The second kappa shape index (κ2) is 5.16. The van der Waals surface area contributed by atoms with Crippen LogP contribution in [-0.4, -0.2) is 27.3 Å². The van der Waals surface area contributed by atoms with Gasteiger partial charge in [0, 0.05) is 24.1 Å². The largest absolute Gasteiger partial charge is 0.480 e. The average Bonchev–Trinajstić information content (AvgIpc) is 2.68. The molecule has 0 aliphatic heterocycles. The summed E-state index contributed by atoms with van der Waals surface area (Å²) >= 11 is 0. The molecule has 2 rings (SSSR count). The van der Waals surface area contributed by atoms with Crippen molar-refractivity contribution in [2.24, 2.45) is 0 Å². The Kier molecular flexibility index (Phi) is 3.56. The number of amides is 1. The fraction of sp³-hybridized carbons (Fsp3) is 0.214. The Labute approximate surface area is 115 Å². The van der Waals surface area contributed by atoms with Crippen LogP contribution in [0.2, 0.25) is 0 Å². The molecule has 0 saturated heterocycles. The SMILES string of the molecule is CC(=O)Nc1cccc2c1c(C(C)=O)cn2CC(=O)O. The van der Waals surface area contributed by atoms with E-state index in [9.17, 15) is 14.4 Å². The van der Waals surface area contributed by atoms with Crippen molar-refractivity contribution in [3.63, 3.8) is 0 Å². The number of nitrogens with zero attached hydrogens (tertiary/aromatic N) is 1. The molecule has 0 fully saturated rings. The highest BCUT2D eigenvalue weighted by atomic mass is 16.4. The molecule has 1 heterocycles. The summed E-state index contributed by atoms with van der Waals surface area (Å²) in [5.41, 5.74) is 1.50. The average molecular weight is 274 g/mol. The van der Waals surface area contributed by atoms with E-state index in [2.05, 4.69) is 5.32 Å². The summed E-state index contributed by atoms with van der Waals surface area (Å²) in [7, 11) is 0. The lowest BCUT2D eigenvalue weighted by molar-refractivity contribution is -0.137. The quantitative estimate of drug-likeness (QED) is 0.833. The summed E-state index contributed by atoms with van der Waals surface area (Å²) in [4.78, 5) is 33.8. The first kappa shape index (κ1) is 13.8. The van der Waals surface area contributed by atoms with Crippen LogP contribution in [0.1, 0.15) is 24.2 Å². The van der Waals surface area contributed by atoms with Gasteiger partial charge >= 0.3 is 5.97 Å². The Hall–Kier alpha value is -2.63. The minimum absolute atomic E-state index is 0.183. The number of Topliss-reactive ketones (excluding diaryl/α,β-unsaturated/α-hetero) is 1. The number of fused-ring (bicyclic) bond motifs is 1. The van der Waals surface area contributed by atoms with E-state index in [1.54, 1.807) is 18.2 Å². The van der Waals surface area contributed by atoms with E-state index in [4.69, 9.17) is 5.11 Å². The molecule has 2 aromatic rings. The predicted molar refractivity (Wildman–Crippen MR) is 73.9 cm³/mol. The molecule has 0 saturated carbocycles. The number of ketones is 1. The topological polar surface area (TPSA) is 88.4 Å². The van der Waals surface area contributed by atoms with Crippen molar-refractivity contribution >= 4 is 34.3 Å². The second-order valence-corrected chi connectivity index (χ2v) is 4.50. The van der Waals surface area contributed by atoms with Gasteiger partial charge in [0.2, 0.25) is 5.91 Å². The smallest absolute Gasteiger partial charge is 0.323 e. The maximum atomic E-state index is 11.7. The van der Waals surface area contributed by atoms with Gasteiger partial charge < -0.3 is 15.0 Å². The zero-order chi connectivity index (χ0) is 14.9. The van der Waals surface area contributed by atoms with Crippen molar-refractivity contribution in [1.82, 2.24) is 4.57 Å². The van der Waals surface area contributed by atoms with E-state index < -0.39 is 5.97 Å². The molecule has 0 atom stereocenters. The van der Waals surface area contributed by atoms with E-state index in [1.165, 1.54) is 24.6 Å². The molecule has 0 aliphatic rings. The number of hydrogen-bond acceptors (Lipinski definition) is 3. The Morgan fingerprint density at radius 3 is 2.50 bits per heavy atom. The molecule has 0 radical (unpaired) electrons. The third-order valence-electron chi connectivity index (χ3n) is 2.90. The number of rotatable bonds is 4. The first-order valence-corrected chi connectivity index (χ1v) is 6.02. The van der Waals surface area contributed by atoms with Crippen molar-refractivity contribution in [2.45, 2.75) is 20.4 Å². The van der Waals surface area contributed by atoms with E-state index in [-0.39, 0.29) is 18.2 Å². The first-order chi connectivity index (χ1) is 9.40. The van der Waals surface area contributed by atoms with Crippen LogP contribution in [0.3, 0.4) is 0 Å². The number of aromatic nitrogens is 1. The zero-order valence-electron chi connectivity index (χ0n) is 11.1. The van der Waals surface area contributed by atoms with Crippen LogP contribution in [0.15, 0.2) is 24.4 Å². The van der Waals surface area contributed by atoms with E-state index in [0.29, 0.717) is 22.2 Å². The van der Waals surface area contributed by atoms with E-state index in [1.807, 2.05) is 0 Å². The monoisotopic (exact) mass is 274 g/mol. The Morgan fingerprint density at radius 2 is 1.95 bits per heavy atom. The summed E-state index contributed by atoms with van der Waals surface area (Å²) in [6.45, 7) is 2.54. The van der Waals surface area contributed by atoms with Crippen LogP contribution in [0.4, 0.5) is 5.69 Å². The van der Waals surface area contributed by atoms with Crippen molar-refractivity contribution < 1.29 is 19.5 Å². The minimum Gasteiger partial charge on any atom is -0.480 e. The van der Waals surface area contributed by atoms with Gasteiger partial charge in [0.25, 0.3) is 0 Å². The predicted octanol–water partition coefficient (Wildman–Crippen LogP) is 1.89. The normalized spacial score (nSPS) is 10.5. The third kappa shape index (κ3) is 2.54. The minimum atomic E-state index is -0.998. The van der Waals surface area contributed by atoms with Crippen LogP contribution < -0.4 is 5.32 Å². The van der Waals surface area contributed by atoms with Gasteiger partial charge in [0.15, 0.2) is 5.78 Å². The number of carboxylic acid groups (broad SMARTS) is 1. The van der Waals surface area contributed by atoms with Crippen LogP contribution in [0, 0.1) is 0 Å². The lowest BCUT2D eigenvalue weighted by Crippen LogP contribution is -2.08. The van der Waals surface area contributed by atoms with Gasteiger partial charge in [0.1, 0.15) is 6.54 Å². The highest BCUT2D eigenvalue weighted by molar-refractivity contribution is 6.13. The Morgan fingerprint density at radius 1 is 1.25 bits per heavy atom. The van der Waals surface area contributed by atoms with Crippen LogP contribution in [-0.2, 0) is 16.1 Å². The molecular weight excluding hydrogens is 260 g/mol. The van der Waals surface area contributed by atoms with Crippen LogP contribution in [0.5, 0.6) is 0 Å².